The monoisotopic (exact) mass is 196 g/mol. The van der Waals surface area contributed by atoms with Crippen LogP contribution in [0.15, 0.2) is 0 Å². The maximum atomic E-state index is 10.4. The first kappa shape index (κ1) is 18.9. The second-order valence-electron chi connectivity index (χ2n) is 1.52. The fraction of sp³-hybridized carbons (Fsp3) is 0.800. The molecule has 0 saturated carbocycles. The Hall–Kier alpha value is 1.19. The summed E-state index contributed by atoms with van der Waals surface area (Å²) >= 11 is 0. The number of ether oxygens (including phenoxy) is 2. The van der Waals surface area contributed by atoms with E-state index in [1.165, 1.54) is 0 Å². The molecule has 5 nitrogen and oxygen atoms in total. The number of hydrogen-bond donors (Lipinski definition) is 2. The van der Waals surface area contributed by atoms with E-state index in [9.17, 15) is 4.79 Å². The zero-order valence-corrected chi connectivity index (χ0v) is 5.71. The van der Waals surface area contributed by atoms with Crippen LogP contribution in [0, 0.1) is 0 Å². The molecule has 0 aromatic carbocycles. The molecule has 0 aliphatic heterocycles. The van der Waals surface area contributed by atoms with Gasteiger partial charge in [0.05, 0.1) is 0 Å². The predicted molar refractivity (Wildman–Crippen MR) is 49.7 cm³/mol. The molecule has 0 aliphatic carbocycles. The average Bonchev–Trinajstić information content (AvgIpc) is 1.97. The van der Waals surface area contributed by atoms with E-state index >= 15 is 0 Å². The molecule has 0 aromatic rings. The second-order valence-corrected chi connectivity index (χ2v) is 1.52. The number of carbonyl (C=O) groups is 1. The van der Waals surface area contributed by atoms with Crippen LogP contribution < -0.4 is 11.5 Å². The third-order valence-electron chi connectivity index (χ3n) is 0.676. The van der Waals surface area contributed by atoms with Crippen LogP contribution in [0.4, 0.5) is 4.79 Å². The Morgan fingerprint density at radius 3 is 1.58 bits per heavy atom. The van der Waals surface area contributed by atoms with Crippen molar-refractivity contribution < 1.29 is 14.3 Å². The van der Waals surface area contributed by atoms with Crippen molar-refractivity contribution in [1.29, 1.82) is 0 Å². The Labute approximate surface area is 116 Å². The van der Waals surface area contributed by atoms with Gasteiger partial charge in [-0.3, -0.25) is 0 Å². The minimum absolute atomic E-state index is 0. The SMILES string of the molecule is NCCOC(=O)OCCN.[NaH].[NaH]. The van der Waals surface area contributed by atoms with Crippen molar-refractivity contribution in [2.45, 2.75) is 0 Å². The molecule has 64 valence electrons. The van der Waals surface area contributed by atoms with Crippen molar-refractivity contribution in [2.75, 3.05) is 26.3 Å². The molecular weight excluding hydrogens is 182 g/mol. The van der Waals surface area contributed by atoms with Gasteiger partial charge in [0.15, 0.2) is 0 Å². The standard InChI is InChI=1S/C5H12N2O3.2Na.2H/c6-1-3-9-5(8)10-4-2-7;;;;/h1-4,6-7H2;;;;. The summed E-state index contributed by atoms with van der Waals surface area (Å²) in [6.45, 7) is 0.974. The topological polar surface area (TPSA) is 87.6 Å². The zero-order valence-electron chi connectivity index (χ0n) is 5.71. The Morgan fingerprint density at radius 2 is 1.33 bits per heavy atom. The van der Waals surface area contributed by atoms with Crippen LogP contribution >= 0.6 is 0 Å². The van der Waals surface area contributed by atoms with Crippen LogP contribution in [0.3, 0.4) is 0 Å². The van der Waals surface area contributed by atoms with Crippen LogP contribution in [-0.2, 0) is 9.47 Å². The number of carbonyl (C=O) groups excluding carboxylic acids is 1. The summed E-state index contributed by atoms with van der Waals surface area (Å²) in [5.74, 6) is 0. The quantitative estimate of drug-likeness (QED) is 0.392. The van der Waals surface area contributed by atoms with Crippen molar-refractivity contribution in [1.82, 2.24) is 0 Å². The van der Waals surface area contributed by atoms with Crippen molar-refractivity contribution in [2.24, 2.45) is 11.5 Å². The van der Waals surface area contributed by atoms with Crippen molar-refractivity contribution in [3.05, 3.63) is 0 Å². The van der Waals surface area contributed by atoms with E-state index in [0.29, 0.717) is 13.1 Å². The Kier molecular flexibility index (Phi) is 23.1. The molecule has 0 radical (unpaired) electrons. The third kappa shape index (κ3) is 13.8. The summed E-state index contributed by atoms with van der Waals surface area (Å²) in [4.78, 5) is 10.4. The van der Waals surface area contributed by atoms with Crippen LogP contribution in [0.2, 0.25) is 0 Å². The van der Waals surface area contributed by atoms with Crippen LogP contribution in [-0.4, -0.2) is 91.6 Å². The predicted octanol–water partition coefficient (Wildman–Crippen LogP) is -2.24. The van der Waals surface area contributed by atoms with Crippen LogP contribution in [0.1, 0.15) is 0 Å². The summed E-state index contributed by atoms with van der Waals surface area (Å²) in [5, 5.41) is 0. The molecular formula is C5H14N2Na2O3. The fourth-order valence-electron chi connectivity index (χ4n) is 0.326. The van der Waals surface area contributed by atoms with E-state index in [-0.39, 0.29) is 72.3 Å². The molecule has 0 atom stereocenters. The first-order chi connectivity index (χ1) is 4.81. The number of hydrogen-bond acceptors (Lipinski definition) is 5. The summed E-state index contributed by atoms with van der Waals surface area (Å²) in [6.07, 6.45) is -0.712. The molecule has 0 fully saturated rings. The number of nitrogens with two attached hydrogens (primary N) is 2. The van der Waals surface area contributed by atoms with E-state index in [4.69, 9.17) is 11.5 Å². The normalized spacial score (nSPS) is 7.50. The van der Waals surface area contributed by atoms with Crippen molar-refractivity contribution in [3.63, 3.8) is 0 Å². The van der Waals surface area contributed by atoms with Gasteiger partial charge in [0, 0.05) is 13.1 Å². The maximum absolute atomic E-state index is 10.4. The second kappa shape index (κ2) is 14.7. The van der Waals surface area contributed by atoms with E-state index in [1.54, 1.807) is 0 Å². The molecule has 0 aliphatic rings. The van der Waals surface area contributed by atoms with Gasteiger partial charge in [-0.1, -0.05) is 0 Å². The molecule has 0 aromatic heterocycles. The summed E-state index contributed by atoms with van der Waals surface area (Å²) in [6, 6.07) is 0. The fourth-order valence-corrected chi connectivity index (χ4v) is 0.326. The molecule has 0 rings (SSSR count). The van der Waals surface area contributed by atoms with Gasteiger partial charge in [-0.25, -0.2) is 4.79 Å². The van der Waals surface area contributed by atoms with Gasteiger partial charge >= 0.3 is 65.3 Å². The first-order valence-corrected chi connectivity index (χ1v) is 3.01. The van der Waals surface area contributed by atoms with Crippen LogP contribution in [0.5, 0.6) is 0 Å². The van der Waals surface area contributed by atoms with Gasteiger partial charge in [-0.05, 0) is 0 Å². The van der Waals surface area contributed by atoms with E-state index < -0.39 is 6.16 Å². The molecule has 0 amide bonds. The van der Waals surface area contributed by atoms with Crippen LogP contribution in [0.25, 0.3) is 0 Å². The van der Waals surface area contributed by atoms with E-state index in [1.807, 2.05) is 0 Å². The van der Waals surface area contributed by atoms with Crippen molar-refractivity contribution >= 4 is 65.3 Å². The third-order valence-corrected chi connectivity index (χ3v) is 0.676. The molecule has 0 spiro atoms. The van der Waals surface area contributed by atoms with Gasteiger partial charge < -0.3 is 20.9 Å². The Balaban J connectivity index is -0.000000405. The summed E-state index contributed by atoms with van der Waals surface area (Å²) in [5.41, 5.74) is 10.1. The average molecular weight is 196 g/mol. The molecule has 0 saturated heterocycles. The Morgan fingerprint density at radius 1 is 1.00 bits per heavy atom. The van der Waals surface area contributed by atoms with Gasteiger partial charge in [0.2, 0.25) is 0 Å². The first-order valence-electron chi connectivity index (χ1n) is 3.01. The van der Waals surface area contributed by atoms with Gasteiger partial charge in [-0.2, -0.15) is 0 Å². The molecule has 7 heteroatoms. The molecule has 0 unspecified atom stereocenters. The molecule has 12 heavy (non-hydrogen) atoms. The zero-order chi connectivity index (χ0) is 7.82. The number of rotatable bonds is 4. The Bertz CT molecular complexity index is 94.7. The summed E-state index contributed by atoms with van der Waals surface area (Å²) in [7, 11) is 0. The van der Waals surface area contributed by atoms with Crippen molar-refractivity contribution in [3.8, 4) is 0 Å². The van der Waals surface area contributed by atoms with Gasteiger partial charge in [0.25, 0.3) is 0 Å². The molecule has 0 heterocycles. The van der Waals surface area contributed by atoms with E-state index in [0.717, 1.165) is 0 Å². The summed E-state index contributed by atoms with van der Waals surface area (Å²) < 4.78 is 8.90. The molecule has 0 bridgehead atoms. The minimum atomic E-state index is -0.712. The van der Waals surface area contributed by atoms with Gasteiger partial charge in [0.1, 0.15) is 13.2 Å². The van der Waals surface area contributed by atoms with Gasteiger partial charge in [-0.15, -0.1) is 0 Å². The molecule has 4 N–H and O–H groups in total. The van der Waals surface area contributed by atoms with E-state index in [2.05, 4.69) is 9.47 Å².